The molecule has 3 aliphatic rings. The fraction of sp³-hybridized carbons (Fsp3) is 0.647. The summed E-state index contributed by atoms with van der Waals surface area (Å²) < 4.78 is 31.5. The number of benzene rings is 1. The van der Waals surface area contributed by atoms with Gasteiger partial charge in [0.15, 0.2) is 0 Å². The zero-order valence-corrected chi connectivity index (χ0v) is 25.3. The highest BCUT2D eigenvalue weighted by molar-refractivity contribution is 7.86. The minimum absolute atomic E-state index is 0.232. The Kier molecular flexibility index (Phi) is 9.46. The number of fused-ring (bicyclic) bond motifs is 1. The van der Waals surface area contributed by atoms with Crippen molar-refractivity contribution in [2.45, 2.75) is 116 Å². The average Bonchev–Trinajstić information content (AvgIpc) is 3.22. The lowest BCUT2D eigenvalue weighted by atomic mass is 9.60. The molecule has 3 nitrogen and oxygen atoms in total. The van der Waals surface area contributed by atoms with Gasteiger partial charge in [0, 0.05) is 6.42 Å². The van der Waals surface area contributed by atoms with Gasteiger partial charge in [-0.2, -0.15) is 8.42 Å². The Morgan fingerprint density at radius 3 is 2.50 bits per heavy atom. The molecule has 0 aliphatic heterocycles. The third kappa shape index (κ3) is 6.73. The van der Waals surface area contributed by atoms with Crippen molar-refractivity contribution in [3.63, 3.8) is 0 Å². The van der Waals surface area contributed by atoms with Gasteiger partial charge in [-0.25, -0.2) is 0 Å². The first-order chi connectivity index (χ1) is 18.0. The highest BCUT2D eigenvalue weighted by atomic mass is 32.2. The summed E-state index contributed by atoms with van der Waals surface area (Å²) in [6, 6.07) is 6.89. The van der Waals surface area contributed by atoms with Gasteiger partial charge in [-0.1, -0.05) is 94.5 Å². The molecule has 2 unspecified atom stereocenters. The van der Waals surface area contributed by atoms with Crippen LogP contribution in [0.15, 0.2) is 64.6 Å². The second kappa shape index (κ2) is 12.3. The Labute approximate surface area is 233 Å². The Balaban J connectivity index is 1.44. The van der Waals surface area contributed by atoms with Crippen LogP contribution in [0.1, 0.15) is 104 Å². The fourth-order valence-electron chi connectivity index (χ4n) is 7.67. The molecule has 0 amide bonds. The van der Waals surface area contributed by atoms with E-state index in [0.717, 1.165) is 40.9 Å². The molecular formula is C34H50O3S. The predicted octanol–water partition coefficient (Wildman–Crippen LogP) is 9.34. The fourth-order valence-corrected chi connectivity index (χ4v) is 8.77. The van der Waals surface area contributed by atoms with Gasteiger partial charge in [0.1, 0.15) is 0 Å². The maximum absolute atomic E-state index is 12.9. The van der Waals surface area contributed by atoms with Crippen molar-refractivity contribution < 1.29 is 12.6 Å². The molecule has 4 rings (SSSR count). The largest absolute Gasteiger partial charge is 0.297 e. The standard InChI is InChI=1S/C34H50O3S/c1-24(2)9-7-10-27(5)32-20-21-33-28(11-8-22-34(32,33)6)15-16-29-23-30(17-14-26(29)4)37-38(35,36)31-18-12-25(3)13-19-31/h12-13,15-16,18-19,24,27,30,32-33H,4,7-11,14,17,20-23H2,1-3,5-6H3/b28-15+,29-16-/t27-,30+,32?,33?,34-/m1/s1. The quantitative estimate of drug-likeness (QED) is 0.294. The zero-order chi connectivity index (χ0) is 27.5. The third-order valence-electron chi connectivity index (χ3n) is 9.91. The van der Waals surface area contributed by atoms with E-state index in [9.17, 15) is 8.42 Å². The van der Waals surface area contributed by atoms with Crippen molar-refractivity contribution in [2.24, 2.45) is 29.1 Å². The van der Waals surface area contributed by atoms with E-state index in [-0.39, 0.29) is 11.0 Å². The molecule has 1 aromatic rings. The minimum atomic E-state index is -3.77. The molecule has 0 saturated heterocycles. The van der Waals surface area contributed by atoms with Crippen molar-refractivity contribution in [1.82, 2.24) is 0 Å². The van der Waals surface area contributed by atoms with Gasteiger partial charge in [-0.05, 0) is 98.7 Å². The predicted molar refractivity (Wildman–Crippen MR) is 158 cm³/mol. The second-order valence-corrected chi connectivity index (χ2v) is 14.7. The molecule has 1 aromatic carbocycles. The van der Waals surface area contributed by atoms with E-state index in [1.54, 1.807) is 17.7 Å². The summed E-state index contributed by atoms with van der Waals surface area (Å²) in [4.78, 5) is 0.232. The number of hydrogen-bond donors (Lipinski definition) is 0. The van der Waals surface area contributed by atoms with Crippen molar-refractivity contribution in [3.05, 3.63) is 65.3 Å². The first-order valence-corrected chi connectivity index (χ1v) is 16.5. The third-order valence-corrected chi connectivity index (χ3v) is 11.3. The molecule has 4 heteroatoms. The maximum atomic E-state index is 12.9. The lowest BCUT2D eigenvalue weighted by molar-refractivity contribution is 0.0929. The highest BCUT2D eigenvalue weighted by Gasteiger charge is 2.50. The topological polar surface area (TPSA) is 43.4 Å². The minimum Gasteiger partial charge on any atom is -0.263 e. The highest BCUT2D eigenvalue weighted by Crippen LogP contribution is 2.60. The lowest BCUT2D eigenvalue weighted by Crippen LogP contribution is -2.36. The molecule has 3 fully saturated rings. The molecule has 0 aromatic heterocycles. The first-order valence-electron chi connectivity index (χ1n) is 15.1. The van der Waals surface area contributed by atoms with Crippen LogP contribution in [0.2, 0.25) is 0 Å². The van der Waals surface area contributed by atoms with Crippen molar-refractivity contribution in [3.8, 4) is 0 Å². The van der Waals surface area contributed by atoms with Crippen LogP contribution in [0.3, 0.4) is 0 Å². The smallest absolute Gasteiger partial charge is 0.263 e. The SMILES string of the molecule is C=C1CC[C@H](OS(=O)(=O)c2ccc(C)cc2)C/C1=C/C=C1\CCC[C@@]2(C)C1CCC2[C@H](C)CCCC(C)C. The number of hydrogen-bond acceptors (Lipinski definition) is 3. The Morgan fingerprint density at radius 1 is 1.05 bits per heavy atom. The van der Waals surface area contributed by atoms with Crippen molar-refractivity contribution >= 4 is 10.1 Å². The van der Waals surface area contributed by atoms with E-state index in [0.29, 0.717) is 24.2 Å². The zero-order valence-electron chi connectivity index (χ0n) is 24.5. The van der Waals surface area contributed by atoms with Crippen molar-refractivity contribution in [2.75, 3.05) is 0 Å². The normalized spacial score (nSPS) is 31.2. The molecule has 0 spiro atoms. The van der Waals surface area contributed by atoms with Crippen LogP contribution in [-0.4, -0.2) is 14.5 Å². The van der Waals surface area contributed by atoms with Crippen LogP contribution in [-0.2, 0) is 14.3 Å². The molecule has 0 radical (unpaired) electrons. The Bertz CT molecular complexity index is 1140. The van der Waals surface area contributed by atoms with E-state index in [2.05, 4.69) is 46.4 Å². The molecular weight excluding hydrogens is 488 g/mol. The van der Waals surface area contributed by atoms with Gasteiger partial charge in [0.2, 0.25) is 0 Å². The van der Waals surface area contributed by atoms with Crippen LogP contribution < -0.4 is 0 Å². The van der Waals surface area contributed by atoms with E-state index in [4.69, 9.17) is 4.18 Å². The van der Waals surface area contributed by atoms with Gasteiger partial charge < -0.3 is 0 Å². The summed E-state index contributed by atoms with van der Waals surface area (Å²) in [5, 5.41) is 0. The molecule has 5 atom stereocenters. The summed E-state index contributed by atoms with van der Waals surface area (Å²) in [5.74, 6) is 3.10. The summed E-state index contributed by atoms with van der Waals surface area (Å²) in [7, 11) is -3.77. The van der Waals surface area contributed by atoms with Crippen LogP contribution in [0.25, 0.3) is 0 Å². The van der Waals surface area contributed by atoms with Gasteiger partial charge in [-0.15, -0.1) is 0 Å². The van der Waals surface area contributed by atoms with Gasteiger partial charge in [-0.3, -0.25) is 4.18 Å². The molecule has 38 heavy (non-hydrogen) atoms. The maximum Gasteiger partial charge on any atom is 0.297 e. The summed E-state index contributed by atoms with van der Waals surface area (Å²) in [5.41, 5.74) is 5.32. The van der Waals surface area contributed by atoms with Gasteiger partial charge in [0.05, 0.1) is 11.0 Å². The Morgan fingerprint density at radius 2 is 1.79 bits per heavy atom. The Hall–Kier alpha value is -1.65. The van der Waals surface area contributed by atoms with E-state index >= 15 is 0 Å². The molecule has 210 valence electrons. The van der Waals surface area contributed by atoms with Gasteiger partial charge in [0.25, 0.3) is 10.1 Å². The second-order valence-electron chi connectivity index (χ2n) is 13.2. The van der Waals surface area contributed by atoms with Crippen LogP contribution >= 0.6 is 0 Å². The molecule has 0 N–H and O–H groups in total. The summed E-state index contributed by atoms with van der Waals surface area (Å²) in [6.45, 7) is 16.0. The van der Waals surface area contributed by atoms with Crippen LogP contribution in [0.4, 0.5) is 0 Å². The van der Waals surface area contributed by atoms with Crippen molar-refractivity contribution in [1.29, 1.82) is 0 Å². The van der Waals surface area contributed by atoms with E-state index in [1.165, 1.54) is 51.4 Å². The van der Waals surface area contributed by atoms with Gasteiger partial charge >= 0.3 is 0 Å². The monoisotopic (exact) mass is 538 g/mol. The van der Waals surface area contributed by atoms with Crippen LogP contribution in [0, 0.1) is 36.0 Å². The summed E-state index contributed by atoms with van der Waals surface area (Å²) in [6.07, 6.45) is 16.9. The first kappa shape index (κ1) is 29.3. The number of rotatable bonds is 9. The average molecular weight is 539 g/mol. The molecule has 3 aliphatic carbocycles. The van der Waals surface area contributed by atoms with E-state index < -0.39 is 10.1 Å². The molecule has 0 heterocycles. The summed E-state index contributed by atoms with van der Waals surface area (Å²) >= 11 is 0. The molecule has 3 saturated carbocycles. The van der Waals surface area contributed by atoms with E-state index in [1.807, 2.05) is 19.1 Å². The number of allylic oxidation sites excluding steroid dienone is 4. The van der Waals surface area contributed by atoms with Crippen LogP contribution in [0.5, 0.6) is 0 Å². The molecule has 0 bridgehead atoms. The number of aryl methyl sites for hydroxylation is 1. The lowest BCUT2D eigenvalue weighted by Gasteiger charge is -2.44.